The topological polar surface area (TPSA) is 26.0 Å². The van der Waals surface area contributed by atoms with E-state index in [2.05, 4.69) is 19.9 Å². The Hall–Kier alpha value is -0.300. The first kappa shape index (κ1) is 8.96. The predicted molar refractivity (Wildman–Crippen MR) is 58.8 cm³/mol. The van der Waals surface area contributed by atoms with Crippen LogP contribution in [0.5, 0.6) is 0 Å². The van der Waals surface area contributed by atoms with E-state index in [-0.39, 0.29) is 5.54 Å². The molecule has 4 aliphatic carbocycles. The third kappa shape index (κ3) is 1.11. The number of rotatable bonds is 2. The monoisotopic (exact) mass is 191 g/mol. The van der Waals surface area contributed by atoms with Crippen LogP contribution in [0.1, 0.15) is 46.0 Å². The maximum Gasteiger partial charge on any atom is 0.0193 e. The van der Waals surface area contributed by atoms with Gasteiger partial charge in [-0.3, -0.25) is 0 Å². The van der Waals surface area contributed by atoms with Gasteiger partial charge in [0.1, 0.15) is 0 Å². The number of hydrogen-bond donors (Lipinski definition) is 1. The molecule has 0 aromatic carbocycles. The minimum absolute atomic E-state index is 0.213. The van der Waals surface area contributed by atoms with E-state index in [1.165, 1.54) is 32.1 Å². The highest BCUT2D eigenvalue weighted by molar-refractivity contribution is 5.26. The second-order valence-corrected chi connectivity index (χ2v) is 6.36. The molecule has 2 atom stereocenters. The first-order valence-electron chi connectivity index (χ1n) is 5.99. The Labute approximate surface area is 86.8 Å². The van der Waals surface area contributed by atoms with Crippen molar-refractivity contribution >= 4 is 0 Å². The van der Waals surface area contributed by atoms with E-state index in [9.17, 15) is 0 Å². The van der Waals surface area contributed by atoms with Crippen molar-refractivity contribution in [3.8, 4) is 0 Å². The Morgan fingerprint density at radius 1 is 1.43 bits per heavy atom. The van der Waals surface area contributed by atoms with Crippen molar-refractivity contribution in [1.29, 1.82) is 0 Å². The summed E-state index contributed by atoms with van der Waals surface area (Å²) in [4.78, 5) is 0. The Balaban J connectivity index is 1.78. The average molecular weight is 191 g/mol. The van der Waals surface area contributed by atoms with Crippen molar-refractivity contribution in [1.82, 2.24) is 0 Å². The summed E-state index contributed by atoms with van der Waals surface area (Å²) in [6.07, 6.45) is 8.94. The molecular weight excluding hydrogens is 170 g/mol. The van der Waals surface area contributed by atoms with Crippen molar-refractivity contribution in [3.05, 3.63) is 11.6 Å². The van der Waals surface area contributed by atoms with Crippen LogP contribution in [-0.2, 0) is 0 Å². The van der Waals surface area contributed by atoms with Crippen molar-refractivity contribution in [2.45, 2.75) is 51.5 Å². The molecule has 0 amide bonds. The molecule has 1 heteroatoms. The Bertz CT molecular complexity index is 296. The molecule has 2 fully saturated rings. The van der Waals surface area contributed by atoms with Gasteiger partial charge < -0.3 is 5.73 Å². The second-order valence-electron chi connectivity index (χ2n) is 6.36. The zero-order valence-corrected chi connectivity index (χ0v) is 9.34. The van der Waals surface area contributed by atoms with E-state index in [0.717, 1.165) is 11.8 Å². The normalized spacial score (nSPS) is 41.2. The summed E-state index contributed by atoms with van der Waals surface area (Å²) in [5, 5.41) is 0. The molecule has 0 spiro atoms. The van der Waals surface area contributed by atoms with Crippen LogP contribution in [0.4, 0.5) is 0 Å². The summed E-state index contributed by atoms with van der Waals surface area (Å²) in [6.45, 7) is 4.88. The summed E-state index contributed by atoms with van der Waals surface area (Å²) in [5.41, 5.74) is 8.69. The van der Waals surface area contributed by atoms with E-state index in [4.69, 9.17) is 5.73 Å². The molecule has 2 saturated carbocycles. The van der Waals surface area contributed by atoms with Crippen LogP contribution in [-0.4, -0.2) is 5.54 Å². The van der Waals surface area contributed by atoms with E-state index < -0.39 is 0 Å². The van der Waals surface area contributed by atoms with Crippen LogP contribution in [0.3, 0.4) is 0 Å². The minimum Gasteiger partial charge on any atom is -0.325 e. The van der Waals surface area contributed by atoms with Crippen LogP contribution >= 0.6 is 0 Å². The molecule has 0 aromatic heterocycles. The highest BCUT2D eigenvalue weighted by Crippen LogP contribution is 2.61. The van der Waals surface area contributed by atoms with Gasteiger partial charge in [-0.25, -0.2) is 0 Å². The predicted octanol–water partition coefficient (Wildman–Crippen LogP) is 2.86. The van der Waals surface area contributed by atoms with E-state index >= 15 is 0 Å². The number of fused-ring (bicyclic) bond motifs is 1. The zero-order valence-electron chi connectivity index (χ0n) is 9.34. The fraction of sp³-hybridized carbons (Fsp3) is 0.846. The first-order chi connectivity index (χ1) is 6.51. The lowest BCUT2D eigenvalue weighted by Gasteiger charge is -2.57. The Morgan fingerprint density at radius 2 is 2.14 bits per heavy atom. The highest BCUT2D eigenvalue weighted by atomic mass is 14.8. The molecule has 0 radical (unpaired) electrons. The molecule has 2 bridgehead atoms. The number of allylic oxidation sites excluding steroid dienone is 1. The van der Waals surface area contributed by atoms with E-state index in [0.29, 0.717) is 5.41 Å². The van der Waals surface area contributed by atoms with Gasteiger partial charge in [-0.2, -0.15) is 0 Å². The first-order valence-corrected chi connectivity index (χ1v) is 5.99. The number of nitrogens with two attached hydrogens (primary N) is 1. The summed E-state index contributed by atoms with van der Waals surface area (Å²) >= 11 is 0. The van der Waals surface area contributed by atoms with Gasteiger partial charge in [0, 0.05) is 5.54 Å². The fourth-order valence-electron chi connectivity index (χ4n) is 3.42. The minimum atomic E-state index is 0.213. The van der Waals surface area contributed by atoms with Gasteiger partial charge in [0.15, 0.2) is 0 Å². The smallest absolute Gasteiger partial charge is 0.0193 e. The van der Waals surface area contributed by atoms with Crippen LogP contribution in [0, 0.1) is 17.3 Å². The quantitative estimate of drug-likeness (QED) is 0.667. The summed E-state index contributed by atoms with van der Waals surface area (Å²) in [5.74, 6) is 1.83. The van der Waals surface area contributed by atoms with Crippen LogP contribution in [0.25, 0.3) is 0 Å². The van der Waals surface area contributed by atoms with Crippen molar-refractivity contribution < 1.29 is 0 Å². The number of hydrogen-bond acceptors (Lipinski definition) is 1. The van der Waals surface area contributed by atoms with Crippen LogP contribution in [0.2, 0.25) is 0 Å². The summed E-state index contributed by atoms with van der Waals surface area (Å²) in [7, 11) is 0. The zero-order chi connectivity index (χ0) is 9.97. The fourth-order valence-corrected chi connectivity index (χ4v) is 3.42. The van der Waals surface area contributed by atoms with Gasteiger partial charge in [0.05, 0.1) is 0 Å². The van der Waals surface area contributed by atoms with Crippen molar-refractivity contribution in [2.24, 2.45) is 23.0 Å². The average Bonchev–Trinajstić information content (AvgIpc) is 2.83. The summed E-state index contributed by atoms with van der Waals surface area (Å²) in [6, 6.07) is 0. The van der Waals surface area contributed by atoms with Crippen molar-refractivity contribution in [3.63, 3.8) is 0 Å². The Kier molecular flexibility index (Phi) is 1.56. The molecule has 2 N–H and O–H groups in total. The second kappa shape index (κ2) is 2.44. The lowest BCUT2D eigenvalue weighted by atomic mass is 9.48. The lowest BCUT2D eigenvalue weighted by molar-refractivity contribution is -0.00896. The third-order valence-corrected chi connectivity index (χ3v) is 5.03. The van der Waals surface area contributed by atoms with Gasteiger partial charge in [-0.1, -0.05) is 25.5 Å². The van der Waals surface area contributed by atoms with Crippen LogP contribution < -0.4 is 5.73 Å². The standard InChI is InChI=1S/C13H21N/c1-12(2)10-4-3-9(11(12)7-10)8-13(14)5-6-13/h3,10-11H,4-8,14H2,1-2H3. The summed E-state index contributed by atoms with van der Waals surface area (Å²) < 4.78 is 0. The lowest BCUT2D eigenvalue weighted by Crippen LogP contribution is -2.48. The largest absolute Gasteiger partial charge is 0.325 e. The molecule has 0 heterocycles. The molecule has 0 aliphatic heterocycles. The molecule has 0 saturated heterocycles. The molecule has 14 heavy (non-hydrogen) atoms. The molecule has 4 rings (SSSR count). The van der Waals surface area contributed by atoms with E-state index in [1.807, 2.05) is 0 Å². The van der Waals surface area contributed by atoms with E-state index in [1.54, 1.807) is 5.57 Å². The van der Waals surface area contributed by atoms with Gasteiger partial charge in [-0.15, -0.1) is 0 Å². The third-order valence-electron chi connectivity index (χ3n) is 5.03. The molecule has 0 aromatic rings. The maximum absolute atomic E-state index is 6.20. The molecule has 1 nitrogen and oxygen atoms in total. The van der Waals surface area contributed by atoms with Crippen LogP contribution in [0.15, 0.2) is 11.6 Å². The van der Waals surface area contributed by atoms with Gasteiger partial charge >= 0.3 is 0 Å². The molecular formula is C13H21N. The molecule has 4 aliphatic rings. The van der Waals surface area contributed by atoms with Crippen molar-refractivity contribution in [2.75, 3.05) is 0 Å². The molecule has 2 unspecified atom stereocenters. The Morgan fingerprint density at radius 3 is 2.64 bits per heavy atom. The van der Waals surface area contributed by atoms with Gasteiger partial charge in [0.2, 0.25) is 0 Å². The molecule has 78 valence electrons. The SMILES string of the molecule is CC1(C)C2CC=C(CC3(N)CC3)C1C2. The highest BCUT2D eigenvalue weighted by Gasteiger charge is 2.52. The van der Waals surface area contributed by atoms with Gasteiger partial charge in [-0.05, 0) is 49.4 Å². The maximum atomic E-state index is 6.20. The van der Waals surface area contributed by atoms with Gasteiger partial charge in [0.25, 0.3) is 0 Å².